The van der Waals surface area contributed by atoms with Crippen LogP contribution >= 0.6 is 11.3 Å². The SMILES string of the molecule is Cc1csc(CC2(O)CCCCC2C2CCCCC2)n1. The van der Waals surface area contributed by atoms with Gasteiger partial charge < -0.3 is 5.11 Å². The van der Waals surface area contributed by atoms with Crippen molar-refractivity contribution < 1.29 is 5.11 Å². The van der Waals surface area contributed by atoms with Gasteiger partial charge in [0.2, 0.25) is 0 Å². The first-order valence-electron chi connectivity index (χ1n) is 8.31. The van der Waals surface area contributed by atoms with Gasteiger partial charge in [0.15, 0.2) is 0 Å². The minimum atomic E-state index is -0.482. The average Bonchev–Trinajstić information content (AvgIpc) is 2.85. The molecule has 2 aliphatic rings. The Morgan fingerprint density at radius 1 is 1.20 bits per heavy atom. The third kappa shape index (κ3) is 3.09. The van der Waals surface area contributed by atoms with Crippen LogP contribution in [-0.4, -0.2) is 15.7 Å². The topological polar surface area (TPSA) is 33.1 Å². The summed E-state index contributed by atoms with van der Waals surface area (Å²) in [4.78, 5) is 4.59. The van der Waals surface area contributed by atoms with Crippen molar-refractivity contribution in [2.24, 2.45) is 11.8 Å². The van der Waals surface area contributed by atoms with E-state index in [1.165, 1.54) is 51.4 Å². The van der Waals surface area contributed by atoms with Gasteiger partial charge in [0.05, 0.1) is 10.6 Å². The molecule has 0 radical (unpaired) electrons. The normalized spacial score (nSPS) is 32.4. The highest BCUT2D eigenvalue weighted by Crippen LogP contribution is 2.45. The number of hydrogen-bond donors (Lipinski definition) is 1. The predicted octanol–water partition coefficient (Wildman–Crippen LogP) is 4.50. The molecule has 1 heterocycles. The Balaban J connectivity index is 1.75. The summed E-state index contributed by atoms with van der Waals surface area (Å²) in [6.45, 7) is 2.05. The lowest BCUT2D eigenvalue weighted by molar-refractivity contribution is -0.0766. The molecule has 2 atom stereocenters. The fraction of sp³-hybridized carbons (Fsp3) is 0.824. The van der Waals surface area contributed by atoms with E-state index in [9.17, 15) is 5.11 Å². The van der Waals surface area contributed by atoms with Crippen molar-refractivity contribution in [2.45, 2.75) is 76.7 Å². The maximum absolute atomic E-state index is 11.3. The Morgan fingerprint density at radius 2 is 1.95 bits per heavy atom. The molecule has 0 amide bonds. The molecule has 0 saturated heterocycles. The maximum atomic E-state index is 11.3. The summed E-state index contributed by atoms with van der Waals surface area (Å²) in [6.07, 6.45) is 12.3. The Hall–Kier alpha value is -0.410. The van der Waals surface area contributed by atoms with E-state index >= 15 is 0 Å². The lowest BCUT2D eigenvalue weighted by Crippen LogP contribution is -2.46. The van der Waals surface area contributed by atoms with Crippen LogP contribution in [0, 0.1) is 18.8 Å². The Kier molecular flexibility index (Phi) is 4.46. The van der Waals surface area contributed by atoms with Crippen LogP contribution in [0.25, 0.3) is 0 Å². The van der Waals surface area contributed by atoms with Crippen molar-refractivity contribution >= 4 is 11.3 Å². The van der Waals surface area contributed by atoms with E-state index in [0.29, 0.717) is 5.92 Å². The van der Waals surface area contributed by atoms with E-state index in [0.717, 1.165) is 29.5 Å². The van der Waals surface area contributed by atoms with Gasteiger partial charge in [-0.3, -0.25) is 0 Å². The number of aliphatic hydroxyl groups is 1. The molecule has 1 aromatic rings. The van der Waals surface area contributed by atoms with Crippen LogP contribution in [0.3, 0.4) is 0 Å². The summed E-state index contributed by atoms with van der Waals surface area (Å²) in [5.41, 5.74) is 0.614. The molecule has 0 aliphatic heterocycles. The molecule has 2 aliphatic carbocycles. The van der Waals surface area contributed by atoms with Crippen molar-refractivity contribution in [3.63, 3.8) is 0 Å². The average molecular weight is 293 g/mol. The minimum Gasteiger partial charge on any atom is -0.389 e. The first-order valence-corrected chi connectivity index (χ1v) is 9.19. The maximum Gasteiger partial charge on any atom is 0.0956 e. The molecular weight excluding hydrogens is 266 g/mol. The van der Waals surface area contributed by atoms with Crippen molar-refractivity contribution in [3.8, 4) is 0 Å². The zero-order valence-electron chi connectivity index (χ0n) is 12.6. The fourth-order valence-corrected chi connectivity index (χ4v) is 5.31. The standard InChI is InChI=1S/C17H27NOS/c1-13-12-20-16(18-13)11-17(19)10-6-5-9-15(17)14-7-3-2-4-8-14/h12,14-15,19H,2-11H2,1H3. The molecule has 112 valence electrons. The van der Waals surface area contributed by atoms with Crippen molar-refractivity contribution in [3.05, 3.63) is 16.1 Å². The molecule has 0 spiro atoms. The van der Waals surface area contributed by atoms with Crippen LogP contribution < -0.4 is 0 Å². The smallest absolute Gasteiger partial charge is 0.0956 e. The number of nitrogens with zero attached hydrogens (tertiary/aromatic N) is 1. The highest BCUT2D eigenvalue weighted by Gasteiger charge is 2.43. The first kappa shape index (κ1) is 14.5. The molecule has 3 rings (SSSR count). The largest absolute Gasteiger partial charge is 0.389 e. The number of rotatable bonds is 3. The Labute approximate surface area is 126 Å². The second-order valence-electron chi connectivity index (χ2n) is 6.91. The summed E-state index contributed by atoms with van der Waals surface area (Å²) >= 11 is 1.72. The van der Waals surface area contributed by atoms with Crippen LogP contribution in [0.1, 0.15) is 68.5 Å². The molecule has 2 nitrogen and oxygen atoms in total. The van der Waals surface area contributed by atoms with Gasteiger partial charge in [0.25, 0.3) is 0 Å². The van der Waals surface area contributed by atoms with Crippen LogP contribution in [-0.2, 0) is 6.42 Å². The van der Waals surface area contributed by atoms with E-state index in [2.05, 4.69) is 10.4 Å². The first-order chi connectivity index (χ1) is 9.67. The molecule has 2 fully saturated rings. The van der Waals surface area contributed by atoms with Gasteiger partial charge in [-0.1, -0.05) is 44.9 Å². The van der Waals surface area contributed by atoms with Gasteiger partial charge in [-0.2, -0.15) is 0 Å². The van der Waals surface area contributed by atoms with Crippen LogP contribution in [0.15, 0.2) is 5.38 Å². The highest BCUT2D eigenvalue weighted by atomic mass is 32.1. The molecule has 2 saturated carbocycles. The van der Waals surface area contributed by atoms with Crippen molar-refractivity contribution in [2.75, 3.05) is 0 Å². The van der Waals surface area contributed by atoms with Gasteiger partial charge in [-0.25, -0.2) is 4.98 Å². The van der Waals surface area contributed by atoms with E-state index in [1.807, 2.05) is 6.92 Å². The van der Waals surface area contributed by atoms with E-state index in [-0.39, 0.29) is 0 Å². The summed E-state index contributed by atoms with van der Waals surface area (Å²) in [5.74, 6) is 1.27. The number of aromatic nitrogens is 1. The van der Waals surface area contributed by atoms with E-state index in [4.69, 9.17) is 0 Å². The summed E-state index contributed by atoms with van der Waals surface area (Å²) in [7, 11) is 0. The lowest BCUT2D eigenvalue weighted by Gasteiger charge is -2.45. The van der Waals surface area contributed by atoms with Crippen LogP contribution in [0.4, 0.5) is 0 Å². The summed E-state index contributed by atoms with van der Waals surface area (Å²) in [5, 5.41) is 14.6. The third-order valence-corrected chi connectivity index (χ3v) is 6.37. The molecule has 3 heteroatoms. The van der Waals surface area contributed by atoms with Gasteiger partial charge in [-0.05, 0) is 31.6 Å². The quantitative estimate of drug-likeness (QED) is 0.890. The zero-order chi connectivity index (χ0) is 14.0. The number of thiazole rings is 1. The summed E-state index contributed by atoms with van der Waals surface area (Å²) < 4.78 is 0. The van der Waals surface area contributed by atoms with Crippen LogP contribution in [0.5, 0.6) is 0 Å². The number of aryl methyl sites for hydroxylation is 1. The molecule has 20 heavy (non-hydrogen) atoms. The molecule has 1 N–H and O–H groups in total. The predicted molar refractivity (Wildman–Crippen MR) is 84.0 cm³/mol. The van der Waals surface area contributed by atoms with Gasteiger partial charge in [-0.15, -0.1) is 11.3 Å². The monoisotopic (exact) mass is 293 g/mol. The molecule has 1 aromatic heterocycles. The van der Waals surface area contributed by atoms with Gasteiger partial charge >= 0.3 is 0 Å². The fourth-order valence-electron chi connectivity index (χ4n) is 4.43. The van der Waals surface area contributed by atoms with Gasteiger partial charge in [0.1, 0.15) is 0 Å². The highest BCUT2D eigenvalue weighted by molar-refractivity contribution is 7.09. The molecular formula is C17H27NOS. The van der Waals surface area contributed by atoms with Crippen LogP contribution in [0.2, 0.25) is 0 Å². The van der Waals surface area contributed by atoms with E-state index < -0.39 is 5.60 Å². The molecule has 0 aromatic carbocycles. The van der Waals surface area contributed by atoms with E-state index in [1.54, 1.807) is 11.3 Å². The molecule has 2 unspecified atom stereocenters. The molecule has 0 bridgehead atoms. The second kappa shape index (κ2) is 6.15. The Morgan fingerprint density at radius 3 is 2.65 bits per heavy atom. The summed E-state index contributed by atoms with van der Waals surface area (Å²) in [6, 6.07) is 0. The minimum absolute atomic E-state index is 0.482. The van der Waals surface area contributed by atoms with Gasteiger partial charge in [0, 0.05) is 17.5 Å². The number of hydrogen-bond acceptors (Lipinski definition) is 3. The van der Waals surface area contributed by atoms with Crippen molar-refractivity contribution in [1.29, 1.82) is 0 Å². The second-order valence-corrected chi connectivity index (χ2v) is 7.86. The Bertz CT molecular complexity index is 438. The van der Waals surface area contributed by atoms with Crippen molar-refractivity contribution in [1.82, 2.24) is 4.98 Å². The zero-order valence-corrected chi connectivity index (χ0v) is 13.4. The third-order valence-electron chi connectivity index (χ3n) is 5.41. The lowest BCUT2D eigenvalue weighted by atomic mass is 9.64.